The molecule has 3 aromatic rings. The topological polar surface area (TPSA) is 125 Å². The first-order valence-electron chi connectivity index (χ1n) is 8.71. The third-order valence-electron chi connectivity index (χ3n) is 3.84. The highest BCUT2D eigenvalue weighted by Gasteiger charge is 2.14. The Kier molecular flexibility index (Phi) is 8.04. The lowest BCUT2D eigenvalue weighted by atomic mass is 10.4. The number of nitrogens with zero attached hydrogens (tertiary/aromatic N) is 4. The Morgan fingerprint density at radius 3 is 2.53 bits per heavy atom. The van der Waals surface area contributed by atoms with Crippen LogP contribution in [0.5, 0.6) is 0 Å². The average Bonchev–Trinajstić information content (AvgIpc) is 3.24. The van der Waals surface area contributed by atoms with Crippen LogP contribution in [0.2, 0.25) is 5.02 Å². The fourth-order valence-electron chi connectivity index (χ4n) is 2.67. The molecular formula is C19H15Cl3N4O4S2. The van der Waals surface area contributed by atoms with Crippen molar-refractivity contribution in [3.8, 4) is 0 Å². The molecular weight excluding hydrogens is 519 g/mol. The molecule has 0 aromatic carbocycles. The largest absolute Gasteiger partial charge is 0.342 e. The van der Waals surface area contributed by atoms with Gasteiger partial charge in [0, 0.05) is 19.3 Å². The van der Waals surface area contributed by atoms with Gasteiger partial charge >= 0.3 is 5.65 Å². The Labute approximate surface area is 203 Å². The lowest BCUT2D eigenvalue weighted by Crippen LogP contribution is -2.68. The number of rotatable bonds is 3. The fourth-order valence-corrected chi connectivity index (χ4v) is 5.26. The minimum Gasteiger partial charge on any atom is -0.333 e. The Morgan fingerprint density at radius 1 is 1.09 bits per heavy atom. The molecule has 0 unspecified atom stereocenters. The summed E-state index contributed by atoms with van der Waals surface area (Å²) in [6, 6.07) is 1.94. The number of aryl methyl sites for hydroxylation is 1. The van der Waals surface area contributed by atoms with Crippen molar-refractivity contribution < 1.29 is 33.4 Å². The fraction of sp³-hybridized carbons (Fsp3) is 0.105. The van der Waals surface area contributed by atoms with E-state index < -0.39 is 10.2 Å². The van der Waals surface area contributed by atoms with Gasteiger partial charge in [-0.05, 0) is 23.2 Å². The van der Waals surface area contributed by atoms with Crippen molar-refractivity contribution in [2.75, 3.05) is 11.9 Å². The van der Waals surface area contributed by atoms with Gasteiger partial charge in [0.25, 0.3) is 0 Å². The van der Waals surface area contributed by atoms with Crippen molar-refractivity contribution in [1.29, 1.82) is 0 Å². The molecule has 0 aliphatic carbocycles. The summed E-state index contributed by atoms with van der Waals surface area (Å²) in [4.78, 5) is 11.2. The predicted molar refractivity (Wildman–Crippen MR) is 117 cm³/mol. The summed E-state index contributed by atoms with van der Waals surface area (Å²) in [7, 11) is -1.05. The summed E-state index contributed by atoms with van der Waals surface area (Å²) in [5.41, 5.74) is 0.931. The summed E-state index contributed by atoms with van der Waals surface area (Å²) >= 11 is 15.4. The highest BCUT2D eigenvalue weighted by atomic mass is 35.7. The molecule has 0 fully saturated rings. The third kappa shape index (κ3) is 7.07. The van der Waals surface area contributed by atoms with E-state index in [1.54, 1.807) is 22.7 Å². The van der Waals surface area contributed by atoms with E-state index in [0.717, 1.165) is 30.4 Å². The first-order valence-corrected chi connectivity index (χ1v) is 12.3. The van der Waals surface area contributed by atoms with Crippen LogP contribution in [-0.4, -0.2) is 17.0 Å². The molecule has 4 rings (SSSR count). The Bertz CT molecular complexity index is 1340. The van der Waals surface area contributed by atoms with Crippen molar-refractivity contribution in [1.82, 2.24) is 9.97 Å². The maximum Gasteiger partial charge on any atom is 0.342 e. The van der Waals surface area contributed by atoms with E-state index in [0.29, 0.717) is 10.1 Å². The van der Waals surface area contributed by atoms with Crippen LogP contribution >= 0.6 is 45.9 Å². The molecule has 0 bridgehead atoms. The van der Waals surface area contributed by atoms with Crippen molar-refractivity contribution in [2.24, 2.45) is 7.05 Å². The highest BCUT2D eigenvalue weighted by Crippen LogP contribution is 2.23. The first kappa shape index (κ1) is 24.8. The molecule has 0 saturated carbocycles. The number of anilines is 1. The number of pyridine rings is 1. The van der Waals surface area contributed by atoms with Crippen molar-refractivity contribution in [3.05, 3.63) is 60.9 Å². The van der Waals surface area contributed by atoms with Crippen molar-refractivity contribution >= 4 is 80.3 Å². The molecule has 0 atom stereocenters. The maximum absolute atomic E-state index is 8.49. The van der Waals surface area contributed by atoms with Gasteiger partial charge in [-0.15, -0.1) is 21.6 Å². The van der Waals surface area contributed by atoms with Crippen LogP contribution in [0.1, 0.15) is 5.01 Å². The molecule has 168 valence electrons. The van der Waals surface area contributed by atoms with E-state index in [9.17, 15) is 0 Å². The number of fused-ring (bicyclic) bond motifs is 2. The zero-order valence-electron chi connectivity index (χ0n) is 16.6. The Hall–Kier alpha value is -1.86. The highest BCUT2D eigenvalue weighted by molar-refractivity contribution is 7.19. The smallest absolute Gasteiger partial charge is 0.333 e. The van der Waals surface area contributed by atoms with E-state index in [2.05, 4.69) is 9.97 Å². The summed E-state index contributed by atoms with van der Waals surface area (Å²) in [6.07, 6.45) is 15.5. The number of halogens is 3. The SMILES string of the molecule is CN1C=C(Cl)C=c2s/c(=C/C=C/C=C/c3nc4c(cc(Cl)c[n+]4C)s3)nc21.[O-][Cl+3]([O-])([O-])[O-]. The van der Waals surface area contributed by atoms with Gasteiger partial charge < -0.3 is 4.90 Å². The van der Waals surface area contributed by atoms with Gasteiger partial charge in [-0.3, -0.25) is 0 Å². The minimum atomic E-state index is -4.94. The molecule has 4 heterocycles. The van der Waals surface area contributed by atoms with Crippen LogP contribution < -0.4 is 37.3 Å². The summed E-state index contributed by atoms with van der Waals surface area (Å²) < 4.78 is 39.0. The zero-order chi connectivity index (χ0) is 23.5. The number of aromatic nitrogens is 3. The van der Waals surface area contributed by atoms with Crippen molar-refractivity contribution in [2.45, 2.75) is 0 Å². The standard InChI is InChI=1S/C19H15Cl2N4S2.ClHO4/c1-24-10-12(20)8-14-18(24)22-16(26-14)6-4-3-5-7-17-23-19-15(27-17)9-13(21)11-25(19)2;2-1(3,4)5/h3-11H,1-2H3;(H,2,3,4,5)/q+1;/p-1. The van der Waals surface area contributed by atoms with E-state index in [1.165, 1.54) is 0 Å². The van der Waals surface area contributed by atoms with Crippen LogP contribution in [0.15, 0.2) is 41.7 Å². The van der Waals surface area contributed by atoms with Gasteiger partial charge in [0.2, 0.25) is 5.01 Å². The van der Waals surface area contributed by atoms with Crippen LogP contribution in [-0.2, 0) is 7.05 Å². The molecule has 0 radical (unpaired) electrons. The van der Waals surface area contributed by atoms with Crippen molar-refractivity contribution in [3.63, 3.8) is 0 Å². The minimum absolute atomic E-state index is 0.712. The zero-order valence-corrected chi connectivity index (χ0v) is 20.5. The molecule has 8 nitrogen and oxygen atoms in total. The van der Waals surface area contributed by atoms with Gasteiger partial charge in [-0.2, -0.15) is 0 Å². The predicted octanol–water partition coefficient (Wildman–Crippen LogP) is -1.16. The normalized spacial score (nSPS) is 14.6. The number of allylic oxidation sites excluding steroid dienone is 4. The summed E-state index contributed by atoms with van der Waals surface area (Å²) in [6.45, 7) is 0. The summed E-state index contributed by atoms with van der Waals surface area (Å²) in [5, 5.41) is 2.36. The van der Waals surface area contributed by atoms with Gasteiger partial charge in [-0.25, -0.2) is 28.2 Å². The lowest BCUT2D eigenvalue weighted by molar-refractivity contribution is -2.00. The van der Waals surface area contributed by atoms with Crippen LogP contribution in [0.3, 0.4) is 0 Å². The lowest BCUT2D eigenvalue weighted by Gasteiger charge is -2.17. The van der Waals surface area contributed by atoms with E-state index in [-0.39, 0.29) is 0 Å². The molecule has 32 heavy (non-hydrogen) atoms. The average molecular weight is 534 g/mol. The van der Waals surface area contributed by atoms with Crippen LogP contribution in [0.25, 0.3) is 28.6 Å². The Balaban J connectivity index is 0.000000523. The number of hydrogen-bond donors (Lipinski definition) is 0. The number of thiazole rings is 2. The van der Waals surface area contributed by atoms with Gasteiger partial charge in [-0.1, -0.05) is 52.8 Å². The molecule has 0 spiro atoms. The molecule has 13 heteroatoms. The first-order chi connectivity index (χ1) is 15.0. The third-order valence-corrected chi connectivity index (χ3v) is 6.17. The Morgan fingerprint density at radius 2 is 1.81 bits per heavy atom. The maximum atomic E-state index is 8.49. The van der Waals surface area contributed by atoms with E-state index in [1.807, 2.05) is 78.5 Å². The second kappa shape index (κ2) is 10.4. The van der Waals surface area contributed by atoms with Gasteiger partial charge in [0.15, 0.2) is 5.82 Å². The van der Waals surface area contributed by atoms with Crippen LogP contribution in [0.4, 0.5) is 5.82 Å². The molecule has 3 aromatic heterocycles. The number of hydrogen-bond acceptors (Lipinski definition) is 9. The monoisotopic (exact) mass is 532 g/mol. The molecule has 0 amide bonds. The second-order valence-corrected chi connectivity index (χ2v) is 10.1. The van der Waals surface area contributed by atoms with E-state index in [4.69, 9.17) is 41.8 Å². The van der Waals surface area contributed by atoms with Gasteiger partial charge in [0.1, 0.15) is 15.6 Å². The molecule has 0 saturated heterocycles. The second-order valence-electron chi connectivity index (χ2n) is 6.31. The van der Waals surface area contributed by atoms with Crippen LogP contribution in [0, 0.1) is 10.2 Å². The molecule has 0 N–H and O–H groups in total. The quantitative estimate of drug-likeness (QED) is 0.307. The molecule has 1 aliphatic rings. The molecule has 1 aliphatic heterocycles. The summed E-state index contributed by atoms with van der Waals surface area (Å²) in [5.74, 6) is 0.931. The van der Waals surface area contributed by atoms with E-state index >= 15 is 0 Å². The van der Waals surface area contributed by atoms with Gasteiger partial charge in [0.05, 0.1) is 21.6 Å².